The van der Waals surface area contributed by atoms with Crippen LogP contribution in [0.2, 0.25) is 0 Å². The molecule has 0 unspecified atom stereocenters. The zero-order valence-electron chi connectivity index (χ0n) is 17.1. The number of rotatable bonds is 5. The van der Waals surface area contributed by atoms with Crippen LogP contribution in [-0.2, 0) is 6.54 Å². The third-order valence-electron chi connectivity index (χ3n) is 5.34. The van der Waals surface area contributed by atoms with Gasteiger partial charge >= 0.3 is 5.63 Å². The quantitative estimate of drug-likeness (QED) is 0.583. The molecule has 1 saturated heterocycles. The summed E-state index contributed by atoms with van der Waals surface area (Å²) in [7, 11) is 0. The van der Waals surface area contributed by atoms with Gasteiger partial charge in [-0.2, -0.15) is 0 Å². The second kappa shape index (κ2) is 8.85. The SMILES string of the molecule is CCOc1ccc2oc(=O)cc(CN3CCN(C(=O)c4c(F)cccc4F)CC3)c2c1. The number of carbonyl (C=O) groups excluding carboxylic acids is 1. The summed E-state index contributed by atoms with van der Waals surface area (Å²) in [5, 5.41) is 0.789. The maximum absolute atomic E-state index is 13.9. The first kappa shape index (κ1) is 21.0. The van der Waals surface area contributed by atoms with Crippen molar-refractivity contribution in [2.24, 2.45) is 0 Å². The molecular formula is C23H22F2N2O4. The Labute approximate surface area is 177 Å². The number of amides is 1. The van der Waals surface area contributed by atoms with Crippen LogP contribution in [0.4, 0.5) is 8.78 Å². The van der Waals surface area contributed by atoms with Gasteiger partial charge in [-0.3, -0.25) is 9.69 Å². The molecule has 0 N–H and O–H groups in total. The molecule has 0 bridgehead atoms. The van der Waals surface area contributed by atoms with Gasteiger partial charge in [-0.1, -0.05) is 6.07 Å². The van der Waals surface area contributed by atoms with Crippen molar-refractivity contribution in [3.63, 3.8) is 0 Å². The highest BCUT2D eigenvalue weighted by atomic mass is 19.1. The Morgan fingerprint density at radius 3 is 2.45 bits per heavy atom. The van der Waals surface area contributed by atoms with E-state index < -0.39 is 28.7 Å². The predicted molar refractivity (Wildman–Crippen MR) is 111 cm³/mol. The number of hydrogen-bond donors (Lipinski definition) is 0. The number of piperazine rings is 1. The lowest BCUT2D eigenvalue weighted by Gasteiger charge is -2.35. The van der Waals surface area contributed by atoms with Crippen LogP contribution in [0.25, 0.3) is 11.0 Å². The van der Waals surface area contributed by atoms with Gasteiger partial charge in [0, 0.05) is 44.2 Å². The molecule has 4 rings (SSSR count). The fourth-order valence-electron chi connectivity index (χ4n) is 3.80. The van der Waals surface area contributed by atoms with Crippen LogP contribution in [0.15, 0.2) is 51.7 Å². The number of ether oxygens (including phenoxy) is 1. The van der Waals surface area contributed by atoms with E-state index in [-0.39, 0.29) is 0 Å². The first-order valence-electron chi connectivity index (χ1n) is 10.1. The van der Waals surface area contributed by atoms with E-state index in [0.717, 1.165) is 23.1 Å². The summed E-state index contributed by atoms with van der Waals surface area (Å²) in [4.78, 5) is 28.1. The second-order valence-corrected chi connectivity index (χ2v) is 7.35. The normalized spacial score (nSPS) is 14.7. The number of fused-ring (bicyclic) bond motifs is 1. The zero-order chi connectivity index (χ0) is 22.0. The minimum absolute atomic E-state index is 0.330. The van der Waals surface area contributed by atoms with Crippen molar-refractivity contribution in [2.45, 2.75) is 13.5 Å². The number of benzene rings is 2. The average molecular weight is 428 g/mol. The van der Waals surface area contributed by atoms with Gasteiger partial charge in [-0.15, -0.1) is 0 Å². The van der Waals surface area contributed by atoms with Crippen molar-refractivity contribution in [2.75, 3.05) is 32.8 Å². The van der Waals surface area contributed by atoms with Crippen LogP contribution < -0.4 is 10.4 Å². The lowest BCUT2D eigenvalue weighted by molar-refractivity contribution is 0.0619. The molecule has 8 heteroatoms. The first-order chi connectivity index (χ1) is 15.0. The van der Waals surface area contributed by atoms with Crippen LogP contribution in [0.5, 0.6) is 5.75 Å². The number of carbonyl (C=O) groups is 1. The average Bonchev–Trinajstić information content (AvgIpc) is 2.74. The van der Waals surface area contributed by atoms with Crippen LogP contribution in [-0.4, -0.2) is 48.5 Å². The van der Waals surface area contributed by atoms with Gasteiger partial charge in [0.2, 0.25) is 0 Å². The maximum atomic E-state index is 13.9. The van der Waals surface area contributed by atoms with Gasteiger partial charge in [0.1, 0.15) is 28.5 Å². The molecule has 6 nitrogen and oxygen atoms in total. The highest BCUT2D eigenvalue weighted by Crippen LogP contribution is 2.25. The molecule has 0 radical (unpaired) electrons. The van der Waals surface area contributed by atoms with Crippen LogP contribution in [0, 0.1) is 11.6 Å². The summed E-state index contributed by atoms with van der Waals surface area (Å²) in [6, 6.07) is 10.2. The fraction of sp³-hybridized carbons (Fsp3) is 0.304. The van der Waals surface area contributed by atoms with Gasteiger partial charge in [-0.05, 0) is 42.8 Å². The molecule has 0 atom stereocenters. The molecule has 162 valence electrons. The predicted octanol–water partition coefficient (Wildman–Crippen LogP) is 3.43. The first-order valence-corrected chi connectivity index (χ1v) is 10.1. The Balaban J connectivity index is 1.49. The Morgan fingerprint density at radius 1 is 1.06 bits per heavy atom. The van der Waals surface area contributed by atoms with E-state index in [9.17, 15) is 18.4 Å². The van der Waals surface area contributed by atoms with Gasteiger partial charge < -0.3 is 14.1 Å². The molecule has 1 amide bonds. The Hall–Kier alpha value is -3.26. The highest BCUT2D eigenvalue weighted by molar-refractivity contribution is 5.94. The van der Waals surface area contributed by atoms with E-state index in [0.29, 0.717) is 50.7 Å². The monoisotopic (exact) mass is 428 g/mol. The van der Waals surface area contributed by atoms with Crippen molar-refractivity contribution < 1.29 is 22.7 Å². The van der Waals surface area contributed by atoms with Crippen LogP contribution >= 0.6 is 0 Å². The van der Waals surface area contributed by atoms with Gasteiger partial charge in [0.25, 0.3) is 5.91 Å². The van der Waals surface area contributed by atoms with Crippen LogP contribution in [0.1, 0.15) is 22.8 Å². The van der Waals surface area contributed by atoms with Gasteiger partial charge in [0.15, 0.2) is 0 Å². The molecule has 1 aliphatic rings. The Bertz CT molecular complexity index is 1150. The Morgan fingerprint density at radius 2 is 1.77 bits per heavy atom. The molecule has 31 heavy (non-hydrogen) atoms. The van der Waals surface area contributed by atoms with Crippen molar-refractivity contribution >= 4 is 16.9 Å². The topological polar surface area (TPSA) is 63.0 Å². The highest BCUT2D eigenvalue weighted by Gasteiger charge is 2.26. The summed E-state index contributed by atoms with van der Waals surface area (Å²) in [6.45, 7) is 4.57. The van der Waals surface area contributed by atoms with Crippen molar-refractivity contribution in [3.05, 3.63) is 75.6 Å². The van der Waals surface area contributed by atoms with E-state index in [1.807, 2.05) is 13.0 Å². The summed E-state index contributed by atoms with van der Waals surface area (Å²) in [5.74, 6) is -1.69. The summed E-state index contributed by atoms with van der Waals surface area (Å²) >= 11 is 0. The summed E-state index contributed by atoms with van der Waals surface area (Å²) in [6.07, 6.45) is 0. The van der Waals surface area contributed by atoms with Crippen molar-refractivity contribution in [1.82, 2.24) is 9.80 Å². The second-order valence-electron chi connectivity index (χ2n) is 7.35. The molecule has 0 aliphatic carbocycles. The molecule has 1 aromatic heterocycles. The Kier molecular flexibility index (Phi) is 5.99. The molecular weight excluding hydrogens is 406 g/mol. The lowest BCUT2D eigenvalue weighted by Crippen LogP contribution is -2.48. The van der Waals surface area contributed by atoms with Gasteiger partial charge in [0.05, 0.1) is 6.61 Å². The minimum Gasteiger partial charge on any atom is -0.494 e. The molecule has 3 aromatic rings. The molecule has 0 spiro atoms. The van der Waals surface area contributed by atoms with E-state index in [2.05, 4.69) is 4.90 Å². The molecule has 0 saturated carbocycles. The third-order valence-corrected chi connectivity index (χ3v) is 5.34. The summed E-state index contributed by atoms with van der Waals surface area (Å²) < 4.78 is 38.7. The lowest BCUT2D eigenvalue weighted by atomic mass is 10.1. The number of halogens is 2. The number of nitrogens with zero attached hydrogens (tertiary/aromatic N) is 2. The maximum Gasteiger partial charge on any atom is 0.336 e. The van der Waals surface area contributed by atoms with E-state index >= 15 is 0 Å². The molecule has 2 heterocycles. The molecule has 2 aromatic carbocycles. The minimum atomic E-state index is -0.861. The fourth-order valence-corrected chi connectivity index (χ4v) is 3.80. The van der Waals surface area contributed by atoms with Crippen LogP contribution in [0.3, 0.4) is 0 Å². The standard InChI is InChI=1S/C23H22F2N2O4/c1-2-30-16-6-7-20-17(13-16)15(12-21(28)31-20)14-26-8-10-27(11-9-26)23(29)22-18(24)4-3-5-19(22)25/h3-7,12-13H,2,8-11,14H2,1H3. The largest absolute Gasteiger partial charge is 0.494 e. The van der Waals surface area contributed by atoms with E-state index in [1.165, 1.54) is 17.0 Å². The third kappa shape index (κ3) is 4.44. The van der Waals surface area contributed by atoms with E-state index in [4.69, 9.17) is 9.15 Å². The van der Waals surface area contributed by atoms with Gasteiger partial charge in [-0.25, -0.2) is 13.6 Å². The smallest absolute Gasteiger partial charge is 0.336 e. The number of hydrogen-bond acceptors (Lipinski definition) is 5. The summed E-state index contributed by atoms with van der Waals surface area (Å²) in [5.41, 5.74) is 0.323. The van der Waals surface area contributed by atoms with Crippen molar-refractivity contribution in [3.8, 4) is 5.75 Å². The zero-order valence-corrected chi connectivity index (χ0v) is 17.1. The molecule has 1 fully saturated rings. The van der Waals surface area contributed by atoms with E-state index in [1.54, 1.807) is 12.1 Å². The molecule has 1 aliphatic heterocycles. The van der Waals surface area contributed by atoms with Crippen molar-refractivity contribution in [1.29, 1.82) is 0 Å².